The summed E-state index contributed by atoms with van der Waals surface area (Å²) in [6.45, 7) is 12.7. The predicted octanol–water partition coefficient (Wildman–Crippen LogP) is 5.26. The molecular weight excluding hydrogens is 414 g/mol. The Morgan fingerprint density at radius 3 is 2.09 bits per heavy atom. The SMILES string of the molecule is CC(C)(C)CCCC1(NC(C(O)C(Cc2cc(F)cc(F)c2)NC(=O)O)C(C)(C)C)CC1. The first-order valence-corrected chi connectivity index (χ1v) is 11.5. The highest BCUT2D eigenvalue weighted by Gasteiger charge is 2.48. The van der Waals surface area contributed by atoms with E-state index in [0.29, 0.717) is 5.56 Å². The molecule has 0 spiro atoms. The molecule has 1 amide bonds. The van der Waals surface area contributed by atoms with Crippen LogP contribution in [0.2, 0.25) is 0 Å². The highest BCUT2D eigenvalue weighted by Crippen LogP contribution is 2.43. The van der Waals surface area contributed by atoms with Gasteiger partial charge in [-0.15, -0.1) is 0 Å². The van der Waals surface area contributed by atoms with Gasteiger partial charge in [0.1, 0.15) is 11.6 Å². The maximum absolute atomic E-state index is 13.7. The molecule has 5 nitrogen and oxygen atoms in total. The zero-order valence-corrected chi connectivity index (χ0v) is 20.3. The van der Waals surface area contributed by atoms with Crippen molar-refractivity contribution in [1.29, 1.82) is 0 Å². The second kappa shape index (κ2) is 10.0. The van der Waals surface area contributed by atoms with Crippen LogP contribution in [0.5, 0.6) is 0 Å². The van der Waals surface area contributed by atoms with Crippen LogP contribution in [0.1, 0.15) is 79.2 Å². The molecule has 2 rings (SSSR count). The number of benzene rings is 1. The molecule has 0 radical (unpaired) electrons. The Morgan fingerprint density at radius 2 is 1.66 bits per heavy atom. The van der Waals surface area contributed by atoms with Crippen molar-refractivity contribution in [2.24, 2.45) is 10.8 Å². The molecule has 0 heterocycles. The normalized spacial score (nSPS) is 18.7. The highest BCUT2D eigenvalue weighted by atomic mass is 19.1. The maximum atomic E-state index is 13.7. The van der Waals surface area contributed by atoms with Crippen LogP contribution in [0.25, 0.3) is 0 Å². The van der Waals surface area contributed by atoms with E-state index in [-0.39, 0.29) is 22.8 Å². The van der Waals surface area contributed by atoms with Gasteiger partial charge in [-0.1, -0.05) is 48.0 Å². The molecule has 0 bridgehead atoms. The van der Waals surface area contributed by atoms with Crippen molar-refractivity contribution in [1.82, 2.24) is 10.6 Å². The van der Waals surface area contributed by atoms with Crippen LogP contribution in [0.15, 0.2) is 18.2 Å². The minimum Gasteiger partial charge on any atom is -0.465 e. The van der Waals surface area contributed by atoms with Gasteiger partial charge in [-0.2, -0.15) is 0 Å². The molecule has 4 N–H and O–H groups in total. The smallest absolute Gasteiger partial charge is 0.404 e. The van der Waals surface area contributed by atoms with Crippen LogP contribution >= 0.6 is 0 Å². The minimum absolute atomic E-state index is 0.0204. The van der Waals surface area contributed by atoms with Crippen molar-refractivity contribution in [3.63, 3.8) is 0 Å². The fourth-order valence-electron chi connectivity index (χ4n) is 4.35. The van der Waals surface area contributed by atoms with Crippen LogP contribution in [-0.4, -0.2) is 40.0 Å². The topological polar surface area (TPSA) is 81.6 Å². The summed E-state index contributed by atoms with van der Waals surface area (Å²) in [6, 6.07) is 1.78. The summed E-state index contributed by atoms with van der Waals surface area (Å²) in [5, 5.41) is 26.7. The van der Waals surface area contributed by atoms with Crippen molar-refractivity contribution in [3.05, 3.63) is 35.4 Å². The summed E-state index contributed by atoms with van der Waals surface area (Å²) in [5.74, 6) is -1.46. The summed E-state index contributed by atoms with van der Waals surface area (Å²) < 4.78 is 27.3. The molecule has 0 aliphatic heterocycles. The average molecular weight is 455 g/mol. The fourth-order valence-corrected chi connectivity index (χ4v) is 4.35. The van der Waals surface area contributed by atoms with E-state index in [9.17, 15) is 23.8 Å². The number of hydrogen-bond acceptors (Lipinski definition) is 3. The Bertz CT molecular complexity index is 762. The molecule has 1 saturated carbocycles. The lowest BCUT2D eigenvalue weighted by atomic mass is 9.79. The van der Waals surface area contributed by atoms with E-state index in [2.05, 4.69) is 31.4 Å². The predicted molar refractivity (Wildman–Crippen MR) is 123 cm³/mol. The van der Waals surface area contributed by atoms with Crippen LogP contribution in [0.3, 0.4) is 0 Å². The molecule has 7 heteroatoms. The first-order chi connectivity index (χ1) is 14.6. The third kappa shape index (κ3) is 8.32. The number of halogens is 2. The van der Waals surface area contributed by atoms with Gasteiger partial charge in [-0.05, 0) is 60.6 Å². The van der Waals surface area contributed by atoms with Crippen LogP contribution in [0, 0.1) is 22.5 Å². The third-order valence-corrected chi connectivity index (χ3v) is 6.27. The highest BCUT2D eigenvalue weighted by molar-refractivity contribution is 5.65. The van der Waals surface area contributed by atoms with E-state index in [0.717, 1.165) is 38.2 Å². The van der Waals surface area contributed by atoms with Gasteiger partial charge in [0, 0.05) is 17.6 Å². The summed E-state index contributed by atoms with van der Waals surface area (Å²) in [6.07, 6.45) is 2.81. The molecule has 0 saturated heterocycles. The van der Waals surface area contributed by atoms with E-state index in [4.69, 9.17) is 0 Å². The average Bonchev–Trinajstić information content (AvgIpc) is 3.35. The molecule has 182 valence electrons. The third-order valence-electron chi connectivity index (χ3n) is 6.27. The van der Waals surface area contributed by atoms with Crippen LogP contribution in [0.4, 0.5) is 13.6 Å². The van der Waals surface area contributed by atoms with Crippen LogP contribution in [-0.2, 0) is 6.42 Å². The minimum atomic E-state index is -1.29. The van der Waals surface area contributed by atoms with E-state index in [1.165, 1.54) is 12.1 Å². The molecule has 0 aromatic heterocycles. The lowest BCUT2D eigenvalue weighted by Gasteiger charge is -2.41. The van der Waals surface area contributed by atoms with Gasteiger partial charge in [0.15, 0.2) is 0 Å². The monoisotopic (exact) mass is 454 g/mol. The molecule has 3 atom stereocenters. The molecule has 1 aromatic carbocycles. The molecule has 32 heavy (non-hydrogen) atoms. The molecule has 1 aliphatic carbocycles. The number of amides is 1. The van der Waals surface area contributed by atoms with Crippen molar-refractivity contribution >= 4 is 6.09 Å². The van der Waals surface area contributed by atoms with Crippen LogP contribution < -0.4 is 10.6 Å². The Kier molecular flexibility index (Phi) is 8.32. The number of rotatable bonds is 10. The fraction of sp³-hybridized carbons (Fsp3) is 0.720. The largest absolute Gasteiger partial charge is 0.465 e. The van der Waals surface area contributed by atoms with E-state index >= 15 is 0 Å². The second-order valence-corrected chi connectivity index (χ2v) is 11.7. The van der Waals surface area contributed by atoms with E-state index in [1.807, 2.05) is 20.8 Å². The number of nitrogens with one attached hydrogen (secondary N) is 2. The Morgan fingerprint density at radius 1 is 1.09 bits per heavy atom. The Balaban J connectivity index is 2.20. The first-order valence-electron chi connectivity index (χ1n) is 11.5. The lowest BCUT2D eigenvalue weighted by molar-refractivity contribution is 0.0316. The Labute approximate surface area is 191 Å². The van der Waals surface area contributed by atoms with Gasteiger partial charge >= 0.3 is 6.09 Å². The van der Waals surface area contributed by atoms with Crippen molar-refractivity contribution < 1.29 is 23.8 Å². The zero-order valence-electron chi connectivity index (χ0n) is 20.3. The molecule has 1 aromatic rings. The summed E-state index contributed by atoms with van der Waals surface area (Å²) in [7, 11) is 0. The standard InChI is InChI=1S/C25H40F2N2O3/c1-23(2,3)8-7-9-25(10-11-25)29-21(24(4,5)6)20(30)19(28-22(31)32)14-16-12-17(26)15-18(27)13-16/h12-13,15,19-21,28-30H,7-11,14H2,1-6H3,(H,31,32). The number of carbonyl (C=O) groups is 1. The maximum Gasteiger partial charge on any atom is 0.404 e. The summed E-state index contributed by atoms with van der Waals surface area (Å²) in [4.78, 5) is 11.5. The quantitative estimate of drug-likeness (QED) is 0.389. The van der Waals surface area contributed by atoms with Gasteiger partial charge in [-0.25, -0.2) is 13.6 Å². The number of hydrogen-bond donors (Lipinski definition) is 4. The number of aliphatic hydroxyl groups excluding tert-OH is 1. The number of carboxylic acid groups (broad SMARTS) is 1. The van der Waals surface area contributed by atoms with E-state index in [1.54, 1.807) is 0 Å². The molecule has 1 aliphatic rings. The molecule has 1 fully saturated rings. The second-order valence-electron chi connectivity index (χ2n) is 11.7. The summed E-state index contributed by atoms with van der Waals surface area (Å²) in [5.41, 5.74) is 0.128. The number of aliphatic hydroxyl groups is 1. The van der Waals surface area contributed by atoms with Crippen molar-refractivity contribution in [2.75, 3.05) is 0 Å². The summed E-state index contributed by atoms with van der Waals surface area (Å²) >= 11 is 0. The zero-order chi connectivity index (χ0) is 24.3. The van der Waals surface area contributed by atoms with Gasteiger partial charge < -0.3 is 20.8 Å². The van der Waals surface area contributed by atoms with Gasteiger partial charge in [-0.3, -0.25) is 0 Å². The first kappa shape index (κ1) is 26.5. The van der Waals surface area contributed by atoms with Gasteiger partial charge in [0.2, 0.25) is 0 Å². The Hall–Kier alpha value is -1.73. The molecule has 3 unspecified atom stereocenters. The van der Waals surface area contributed by atoms with Gasteiger partial charge in [0.05, 0.1) is 12.1 Å². The van der Waals surface area contributed by atoms with E-state index < -0.39 is 35.9 Å². The molecular formula is C25H40F2N2O3. The van der Waals surface area contributed by atoms with Crippen molar-refractivity contribution in [3.8, 4) is 0 Å². The lowest BCUT2D eigenvalue weighted by Crippen LogP contribution is -2.60. The van der Waals surface area contributed by atoms with Crippen molar-refractivity contribution in [2.45, 2.75) is 104 Å². The van der Waals surface area contributed by atoms with Gasteiger partial charge in [0.25, 0.3) is 0 Å².